The van der Waals surface area contributed by atoms with Crippen molar-refractivity contribution in [2.24, 2.45) is 0 Å². The molecule has 0 unspecified atom stereocenters. The van der Waals surface area contributed by atoms with E-state index < -0.39 is 0 Å². The van der Waals surface area contributed by atoms with Gasteiger partial charge in [0.05, 0.1) is 11.2 Å². The highest BCUT2D eigenvalue weighted by atomic mass is 15.1. The topological polar surface area (TPSA) is 74.5 Å². The van der Waals surface area contributed by atoms with Crippen LogP contribution >= 0.6 is 0 Å². The Morgan fingerprint density at radius 1 is 1.05 bits per heavy atom. The van der Waals surface area contributed by atoms with Crippen molar-refractivity contribution in [2.45, 2.75) is 19.9 Å². The Labute approximate surface area is 128 Å². The molecular weight excluding hydrogens is 274 g/mol. The van der Waals surface area contributed by atoms with E-state index in [4.69, 9.17) is 0 Å². The van der Waals surface area contributed by atoms with Crippen LogP contribution in [0.3, 0.4) is 0 Å². The molecule has 0 amide bonds. The van der Waals surface area contributed by atoms with E-state index in [0.29, 0.717) is 5.69 Å². The van der Waals surface area contributed by atoms with Gasteiger partial charge in [-0.15, -0.1) is 10.2 Å². The molecule has 0 aliphatic heterocycles. The van der Waals surface area contributed by atoms with Crippen molar-refractivity contribution in [3.8, 4) is 17.2 Å². The van der Waals surface area contributed by atoms with Crippen molar-refractivity contribution in [1.82, 2.24) is 15.2 Å². The summed E-state index contributed by atoms with van der Waals surface area (Å²) >= 11 is 0. The number of nitriles is 1. The van der Waals surface area contributed by atoms with Gasteiger partial charge in [0.2, 0.25) is 0 Å². The van der Waals surface area contributed by atoms with E-state index in [1.165, 1.54) is 0 Å². The molecule has 0 saturated heterocycles. The van der Waals surface area contributed by atoms with Crippen LogP contribution in [0, 0.1) is 11.3 Å². The van der Waals surface area contributed by atoms with Gasteiger partial charge in [-0.2, -0.15) is 5.26 Å². The van der Waals surface area contributed by atoms with E-state index in [2.05, 4.69) is 26.6 Å². The number of fused-ring (bicyclic) bond motifs is 1. The lowest BCUT2D eigenvalue weighted by molar-refractivity contribution is 0.894. The molecule has 0 spiro atoms. The fourth-order valence-corrected chi connectivity index (χ4v) is 2.34. The lowest BCUT2D eigenvalue weighted by Gasteiger charge is -2.13. The monoisotopic (exact) mass is 289 g/mol. The minimum atomic E-state index is 0.208. The standard InChI is InChI=1S/C17H15N5/c1-11(2)20-17-14-4-3-13(12-5-7-19-8-6-12)9-15(14)21-22-16(17)10-18/h3-9,11H,1-2H3,(H,20,21). The molecule has 1 N–H and O–H groups in total. The highest BCUT2D eigenvalue weighted by molar-refractivity contribution is 5.95. The van der Waals surface area contributed by atoms with Crippen LogP contribution in [0.25, 0.3) is 22.0 Å². The van der Waals surface area contributed by atoms with Gasteiger partial charge < -0.3 is 5.32 Å². The Kier molecular flexibility index (Phi) is 3.67. The molecule has 0 aliphatic rings. The first-order valence-corrected chi connectivity index (χ1v) is 7.06. The Morgan fingerprint density at radius 2 is 1.82 bits per heavy atom. The van der Waals surface area contributed by atoms with Gasteiger partial charge in [0, 0.05) is 23.8 Å². The summed E-state index contributed by atoms with van der Waals surface area (Å²) in [5, 5.41) is 21.6. The second-order valence-corrected chi connectivity index (χ2v) is 5.30. The quantitative estimate of drug-likeness (QED) is 0.800. The molecular formula is C17H15N5. The second kappa shape index (κ2) is 5.78. The largest absolute Gasteiger partial charge is 0.380 e. The third-order valence-corrected chi connectivity index (χ3v) is 3.31. The summed E-state index contributed by atoms with van der Waals surface area (Å²) in [5.41, 5.74) is 3.93. The van der Waals surface area contributed by atoms with Crippen LogP contribution in [0.15, 0.2) is 42.7 Å². The minimum absolute atomic E-state index is 0.208. The van der Waals surface area contributed by atoms with E-state index in [-0.39, 0.29) is 6.04 Å². The molecule has 0 saturated carbocycles. The van der Waals surface area contributed by atoms with Gasteiger partial charge in [-0.05, 0) is 49.2 Å². The molecule has 5 nitrogen and oxygen atoms in total. The number of aromatic nitrogens is 3. The highest BCUT2D eigenvalue weighted by Gasteiger charge is 2.12. The summed E-state index contributed by atoms with van der Waals surface area (Å²) in [7, 11) is 0. The average Bonchev–Trinajstić information content (AvgIpc) is 2.55. The van der Waals surface area contributed by atoms with E-state index in [1.807, 2.05) is 44.2 Å². The normalized spacial score (nSPS) is 10.6. The van der Waals surface area contributed by atoms with Crippen molar-refractivity contribution in [2.75, 3.05) is 5.32 Å². The summed E-state index contributed by atoms with van der Waals surface area (Å²) in [6.45, 7) is 4.05. The molecule has 1 aromatic carbocycles. The number of hydrogen-bond acceptors (Lipinski definition) is 5. The van der Waals surface area contributed by atoms with Crippen LogP contribution in [0.2, 0.25) is 0 Å². The number of nitrogens with zero attached hydrogens (tertiary/aromatic N) is 4. The van der Waals surface area contributed by atoms with Gasteiger partial charge in [0.15, 0.2) is 5.69 Å². The number of pyridine rings is 1. The lowest BCUT2D eigenvalue weighted by Crippen LogP contribution is -2.12. The van der Waals surface area contributed by atoms with Crippen LogP contribution in [0.5, 0.6) is 0 Å². The molecule has 3 aromatic rings. The molecule has 2 heterocycles. The zero-order valence-electron chi connectivity index (χ0n) is 12.4. The van der Waals surface area contributed by atoms with E-state index in [9.17, 15) is 5.26 Å². The zero-order valence-corrected chi connectivity index (χ0v) is 12.4. The molecule has 22 heavy (non-hydrogen) atoms. The molecule has 3 rings (SSSR count). The summed E-state index contributed by atoms with van der Waals surface area (Å²) in [4.78, 5) is 4.03. The van der Waals surface area contributed by atoms with Crippen molar-refractivity contribution >= 4 is 16.6 Å². The first kappa shape index (κ1) is 14.0. The number of hydrogen-bond donors (Lipinski definition) is 1. The maximum Gasteiger partial charge on any atom is 0.186 e. The van der Waals surface area contributed by atoms with Gasteiger partial charge in [0.1, 0.15) is 6.07 Å². The molecule has 0 aliphatic carbocycles. The van der Waals surface area contributed by atoms with Crippen LogP contribution in [0.1, 0.15) is 19.5 Å². The lowest BCUT2D eigenvalue weighted by atomic mass is 10.0. The van der Waals surface area contributed by atoms with E-state index in [1.54, 1.807) is 12.4 Å². The molecule has 2 aromatic heterocycles. The van der Waals surface area contributed by atoms with Crippen molar-refractivity contribution in [3.05, 3.63) is 48.4 Å². The molecule has 5 heteroatoms. The molecule has 0 atom stereocenters. The molecule has 0 radical (unpaired) electrons. The van der Waals surface area contributed by atoms with Gasteiger partial charge in [-0.1, -0.05) is 6.07 Å². The van der Waals surface area contributed by atoms with E-state index in [0.717, 1.165) is 27.7 Å². The average molecular weight is 289 g/mol. The fraction of sp³-hybridized carbons (Fsp3) is 0.176. The predicted octanol–water partition coefficient (Wildman–Crippen LogP) is 3.38. The smallest absolute Gasteiger partial charge is 0.186 e. The third kappa shape index (κ3) is 2.59. The SMILES string of the molecule is CC(C)Nc1c(C#N)nnc2cc(-c3ccncc3)ccc12. The van der Waals surface area contributed by atoms with Crippen molar-refractivity contribution in [1.29, 1.82) is 5.26 Å². The summed E-state index contributed by atoms with van der Waals surface area (Å²) in [6.07, 6.45) is 3.52. The Balaban J connectivity index is 2.17. The first-order chi connectivity index (χ1) is 10.7. The summed E-state index contributed by atoms with van der Waals surface area (Å²) in [6, 6.07) is 12.2. The predicted molar refractivity (Wildman–Crippen MR) is 86.2 cm³/mol. The maximum atomic E-state index is 9.22. The molecule has 0 fully saturated rings. The van der Waals surface area contributed by atoms with Gasteiger partial charge in [0.25, 0.3) is 0 Å². The number of anilines is 1. The van der Waals surface area contributed by atoms with Gasteiger partial charge in [-0.3, -0.25) is 4.98 Å². The number of benzene rings is 1. The second-order valence-electron chi connectivity index (χ2n) is 5.30. The molecule has 0 bridgehead atoms. The van der Waals surface area contributed by atoms with Crippen molar-refractivity contribution < 1.29 is 0 Å². The fourth-order valence-electron chi connectivity index (χ4n) is 2.34. The van der Waals surface area contributed by atoms with Crippen LogP contribution in [-0.2, 0) is 0 Å². The Hall–Kier alpha value is -3.00. The van der Waals surface area contributed by atoms with Gasteiger partial charge >= 0.3 is 0 Å². The van der Waals surface area contributed by atoms with E-state index >= 15 is 0 Å². The maximum absolute atomic E-state index is 9.22. The summed E-state index contributed by atoms with van der Waals surface area (Å²) < 4.78 is 0. The Bertz CT molecular complexity index is 850. The zero-order chi connectivity index (χ0) is 15.5. The van der Waals surface area contributed by atoms with Crippen LogP contribution < -0.4 is 5.32 Å². The van der Waals surface area contributed by atoms with Crippen molar-refractivity contribution in [3.63, 3.8) is 0 Å². The van der Waals surface area contributed by atoms with Crippen LogP contribution in [-0.4, -0.2) is 21.2 Å². The van der Waals surface area contributed by atoms with Crippen LogP contribution in [0.4, 0.5) is 5.69 Å². The van der Waals surface area contributed by atoms with Gasteiger partial charge in [-0.25, -0.2) is 0 Å². The number of nitrogens with one attached hydrogen (secondary N) is 1. The minimum Gasteiger partial charge on any atom is -0.380 e. The first-order valence-electron chi connectivity index (χ1n) is 7.06. The summed E-state index contributed by atoms with van der Waals surface area (Å²) in [5.74, 6) is 0. The number of rotatable bonds is 3. The molecule has 108 valence electrons. The Morgan fingerprint density at radius 3 is 2.50 bits per heavy atom. The third-order valence-electron chi connectivity index (χ3n) is 3.31. The highest BCUT2D eigenvalue weighted by Crippen LogP contribution is 2.28.